The van der Waals surface area contributed by atoms with E-state index in [2.05, 4.69) is 0 Å². The molecule has 1 aromatic carbocycles. The lowest BCUT2D eigenvalue weighted by Crippen LogP contribution is -2.31. The highest BCUT2D eigenvalue weighted by Gasteiger charge is 2.43. The molecule has 0 saturated carbocycles. The summed E-state index contributed by atoms with van der Waals surface area (Å²) in [6, 6.07) is 9.55. The Kier molecular flexibility index (Phi) is 3.68. The van der Waals surface area contributed by atoms with Gasteiger partial charge in [-0.05, 0) is 26.3 Å². The van der Waals surface area contributed by atoms with Gasteiger partial charge in [-0.3, -0.25) is 0 Å². The second kappa shape index (κ2) is 5.08. The maximum Gasteiger partial charge on any atom is 0.338 e. The number of hydrogen-bond acceptors (Lipinski definition) is 4. The van der Waals surface area contributed by atoms with E-state index in [9.17, 15) is 4.79 Å². The number of ether oxygens (including phenoxy) is 3. The Bertz CT molecular complexity index is 413. The number of carbonyl (C=O) groups is 1. The molecule has 0 N–H and O–H groups in total. The first-order valence-electron chi connectivity index (χ1n) is 6.04. The monoisotopic (exact) mass is 250 g/mol. The van der Waals surface area contributed by atoms with Gasteiger partial charge in [0.05, 0.1) is 6.10 Å². The molecule has 1 aliphatic rings. The summed E-state index contributed by atoms with van der Waals surface area (Å²) in [6.45, 7) is 5.64. The molecule has 2 rings (SSSR count). The van der Waals surface area contributed by atoms with E-state index < -0.39 is 11.9 Å². The van der Waals surface area contributed by atoms with Gasteiger partial charge in [0.1, 0.15) is 6.61 Å². The van der Waals surface area contributed by atoms with Crippen LogP contribution in [0.25, 0.3) is 0 Å². The molecule has 0 bridgehead atoms. The van der Waals surface area contributed by atoms with Gasteiger partial charge in [0.2, 0.25) is 0 Å². The molecule has 18 heavy (non-hydrogen) atoms. The molecule has 0 amide bonds. The van der Waals surface area contributed by atoms with E-state index in [-0.39, 0.29) is 18.7 Å². The summed E-state index contributed by atoms with van der Waals surface area (Å²) in [5.41, 5.74) is 0.955. The zero-order valence-corrected chi connectivity index (χ0v) is 10.9. The molecule has 1 aliphatic heterocycles. The zero-order valence-electron chi connectivity index (χ0n) is 10.9. The van der Waals surface area contributed by atoms with Crippen LogP contribution in [0.3, 0.4) is 0 Å². The van der Waals surface area contributed by atoms with Gasteiger partial charge in [-0.2, -0.15) is 0 Å². The van der Waals surface area contributed by atoms with Gasteiger partial charge in [0, 0.05) is 0 Å². The fourth-order valence-corrected chi connectivity index (χ4v) is 1.99. The Morgan fingerprint density at radius 1 is 1.28 bits per heavy atom. The largest absolute Gasteiger partial charge is 0.459 e. The second-order valence-corrected chi connectivity index (χ2v) is 4.85. The summed E-state index contributed by atoms with van der Waals surface area (Å²) < 4.78 is 16.3. The molecule has 0 radical (unpaired) electrons. The molecule has 1 fully saturated rings. The molecule has 0 unspecified atom stereocenters. The Balaban J connectivity index is 1.89. The summed E-state index contributed by atoms with van der Waals surface area (Å²) in [4.78, 5) is 11.9. The van der Waals surface area contributed by atoms with Crippen LogP contribution in [0.15, 0.2) is 30.3 Å². The van der Waals surface area contributed by atoms with Crippen LogP contribution in [-0.4, -0.2) is 24.0 Å². The molecule has 4 heteroatoms. The van der Waals surface area contributed by atoms with E-state index in [4.69, 9.17) is 14.2 Å². The van der Waals surface area contributed by atoms with Crippen molar-refractivity contribution >= 4 is 5.97 Å². The average Bonchev–Trinajstić information content (AvgIpc) is 2.61. The van der Waals surface area contributed by atoms with Gasteiger partial charge in [-0.25, -0.2) is 4.79 Å². The van der Waals surface area contributed by atoms with E-state index >= 15 is 0 Å². The van der Waals surface area contributed by atoms with Crippen LogP contribution in [0, 0.1) is 0 Å². The topological polar surface area (TPSA) is 44.8 Å². The van der Waals surface area contributed by atoms with Crippen molar-refractivity contribution in [3.8, 4) is 0 Å². The van der Waals surface area contributed by atoms with Crippen molar-refractivity contribution < 1.29 is 19.0 Å². The highest BCUT2D eigenvalue weighted by Crippen LogP contribution is 2.28. The average molecular weight is 250 g/mol. The lowest BCUT2D eigenvalue weighted by Gasteiger charge is -2.16. The normalized spacial score (nSPS) is 25.9. The van der Waals surface area contributed by atoms with Crippen molar-refractivity contribution in [2.24, 2.45) is 0 Å². The second-order valence-electron chi connectivity index (χ2n) is 4.85. The number of carbonyl (C=O) groups excluding carboxylic acids is 1. The standard InChI is InChI=1S/C14H18O4/c1-10-12(18-14(2,3)17-10)13(15)16-9-11-7-5-4-6-8-11/h4-8,10,12H,9H2,1-3H3/t10-,12+/m1/s1. The third kappa shape index (κ3) is 3.09. The van der Waals surface area contributed by atoms with Crippen LogP contribution in [0.2, 0.25) is 0 Å². The molecule has 1 heterocycles. The van der Waals surface area contributed by atoms with E-state index in [0.29, 0.717) is 0 Å². The maximum absolute atomic E-state index is 11.9. The third-order valence-electron chi connectivity index (χ3n) is 2.76. The Morgan fingerprint density at radius 2 is 1.94 bits per heavy atom. The zero-order chi connectivity index (χ0) is 13.2. The fraction of sp³-hybridized carbons (Fsp3) is 0.500. The first-order chi connectivity index (χ1) is 8.48. The summed E-state index contributed by atoms with van der Waals surface area (Å²) in [7, 11) is 0. The smallest absolute Gasteiger partial charge is 0.338 e. The Hall–Kier alpha value is -1.39. The predicted molar refractivity (Wildman–Crippen MR) is 65.7 cm³/mol. The van der Waals surface area contributed by atoms with E-state index in [0.717, 1.165) is 5.56 Å². The predicted octanol–water partition coefficient (Wildman–Crippen LogP) is 2.27. The molecular formula is C14H18O4. The van der Waals surface area contributed by atoms with Crippen LogP contribution < -0.4 is 0 Å². The van der Waals surface area contributed by atoms with Crippen LogP contribution in [0.1, 0.15) is 26.3 Å². The van der Waals surface area contributed by atoms with Gasteiger partial charge >= 0.3 is 5.97 Å². The quantitative estimate of drug-likeness (QED) is 0.772. The number of benzene rings is 1. The molecule has 2 atom stereocenters. The first kappa shape index (κ1) is 13.1. The summed E-state index contributed by atoms with van der Waals surface area (Å²) in [5, 5.41) is 0. The number of hydrogen-bond donors (Lipinski definition) is 0. The fourth-order valence-electron chi connectivity index (χ4n) is 1.99. The Morgan fingerprint density at radius 3 is 2.50 bits per heavy atom. The lowest BCUT2D eigenvalue weighted by molar-refractivity contribution is -0.171. The van der Waals surface area contributed by atoms with Crippen molar-refractivity contribution in [3.63, 3.8) is 0 Å². The molecule has 0 aliphatic carbocycles. The third-order valence-corrected chi connectivity index (χ3v) is 2.76. The van der Waals surface area contributed by atoms with Crippen molar-refractivity contribution in [3.05, 3.63) is 35.9 Å². The van der Waals surface area contributed by atoms with Gasteiger partial charge in [-0.15, -0.1) is 0 Å². The minimum Gasteiger partial charge on any atom is -0.459 e. The highest BCUT2D eigenvalue weighted by molar-refractivity contribution is 5.75. The number of rotatable bonds is 3. The summed E-state index contributed by atoms with van der Waals surface area (Å²) in [5.74, 6) is -1.10. The maximum atomic E-state index is 11.9. The molecular weight excluding hydrogens is 232 g/mol. The number of esters is 1. The van der Waals surface area contributed by atoms with Crippen molar-refractivity contribution in [2.45, 2.75) is 45.4 Å². The summed E-state index contributed by atoms with van der Waals surface area (Å²) in [6.07, 6.45) is -0.938. The van der Waals surface area contributed by atoms with Crippen molar-refractivity contribution in [1.29, 1.82) is 0 Å². The van der Waals surface area contributed by atoms with E-state index in [1.165, 1.54) is 0 Å². The summed E-state index contributed by atoms with van der Waals surface area (Å²) >= 11 is 0. The Labute approximate surface area is 107 Å². The van der Waals surface area contributed by atoms with Crippen molar-refractivity contribution in [1.82, 2.24) is 0 Å². The van der Waals surface area contributed by atoms with Crippen LogP contribution >= 0.6 is 0 Å². The molecule has 1 aromatic rings. The SMILES string of the molecule is C[C@H]1OC(C)(C)O[C@@H]1C(=O)OCc1ccccc1. The molecule has 4 nitrogen and oxygen atoms in total. The molecule has 1 saturated heterocycles. The van der Waals surface area contributed by atoms with Gasteiger partial charge in [-0.1, -0.05) is 30.3 Å². The van der Waals surface area contributed by atoms with Crippen LogP contribution in [-0.2, 0) is 25.6 Å². The van der Waals surface area contributed by atoms with Crippen LogP contribution in [0.5, 0.6) is 0 Å². The van der Waals surface area contributed by atoms with Gasteiger partial charge < -0.3 is 14.2 Å². The minimum absolute atomic E-state index is 0.257. The van der Waals surface area contributed by atoms with Crippen LogP contribution in [0.4, 0.5) is 0 Å². The first-order valence-corrected chi connectivity index (χ1v) is 6.04. The molecule has 0 spiro atoms. The van der Waals surface area contributed by atoms with Crippen molar-refractivity contribution in [2.75, 3.05) is 0 Å². The van der Waals surface area contributed by atoms with E-state index in [1.54, 1.807) is 13.8 Å². The van der Waals surface area contributed by atoms with E-state index in [1.807, 2.05) is 37.3 Å². The van der Waals surface area contributed by atoms with Gasteiger partial charge in [0.15, 0.2) is 11.9 Å². The minimum atomic E-state index is -0.726. The molecule has 98 valence electrons. The van der Waals surface area contributed by atoms with Gasteiger partial charge in [0.25, 0.3) is 0 Å². The lowest BCUT2D eigenvalue weighted by atomic mass is 10.2. The molecule has 0 aromatic heterocycles. The highest BCUT2D eigenvalue weighted by atomic mass is 16.8.